The minimum Gasteiger partial charge on any atom is -0.482 e. The summed E-state index contributed by atoms with van der Waals surface area (Å²) < 4.78 is 21.5. The van der Waals surface area contributed by atoms with Gasteiger partial charge in [0.2, 0.25) is 0 Å². The Kier molecular flexibility index (Phi) is 7.94. The van der Waals surface area contributed by atoms with Gasteiger partial charge in [-0.25, -0.2) is 0 Å². The standard InChI is InChI=1S/C18H25NO13/c20-5-9-11(22)12(23)13(24)18(31-9)32-15-10(6-21)30-17(26)16(14(15)25)29-8-3-1-7(2-4-8)19(27)28/h1-4,9-18,20-26H,5-6H2/t9-,10-,11+,12+,13-,14+,15+,16-,17-,18+/m1/s1. The molecular formula is C18H25NO13. The molecule has 14 heteroatoms. The summed E-state index contributed by atoms with van der Waals surface area (Å²) in [5.41, 5.74) is -0.206. The maximum Gasteiger partial charge on any atom is 0.269 e. The van der Waals surface area contributed by atoms with Crippen LogP contribution in [0.1, 0.15) is 0 Å². The lowest BCUT2D eigenvalue weighted by Gasteiger charge is -2.46. The van der Waals surface area contributed by atoms with Crippen molar-refractivity contribution in [2.45, 2.75) is 61.4 Å². The number of ether oxygens (including phenoxy) is 4. The fourth-order valence-corrected chi connectivity index (χ4v) is 3.49. The molecule has 2 heterocycles. The van der Waals surface area contributed by atoms with Crippen LogP contribution in [-0.4, -0.2) is 115 Å². The van der Waals surface area contributed by atoms with Crippen LogP contribution >= 0.6 is 0 Å². The molecule has 2 aliphatic heterocycles. The largest absolute Gasteiger partial charge is 0.482 e. The van der Waals surface area contributed by atoms with Gasteiger partial charge in [-0.2, -0.15) is 0 Å². The van der Waals surface area contributed by atoms with E-state index in [4.69, 9.17) is 18.9 Å². The molecule has 0 radical (unpaired) electrons. The van der Waals surface area contributed by atoms with E-state index in [1.54, 1.807) is 0 Å². The smallest absolute Gasteiger partial charge is 0.269 e. The van der Waals surface area contributed by atoms with E-state index in [0.29, 0.717) is 0 Å². The summed E-state index contributed by atoms with van der Waals surface area (Å²) in [6.07, 6.45) is -15.7. The van der Waals surface area contributed by atoms with E-state index < -0.39 is 79.5 Å². The first-order valence-corrected chi connectivity index (χ1v) is 9.67. The van der Waals surface area contributed by atoms with Crippen molar-refractivity contribution in [2.75, 3.05) is 13.2 Å². The molecule has 1 aromatic carbocycles. The molecule has 0 saturated carbocycles. The van der Waals surface area contributed by atoms with Gasteiger partial charge in [-0.15, -0.1) is 0 Å². The molecule has 0 aromatic heterocycles. The molecule has 180 valence electrons. The van der Waals surface area contributed by atoms with Crippen LogP contribution in [0.5, 0.6) is 5.75 Å². The van der Waals surface area contributed by atoms with E-state index in [2.05, 4.69) is 0 Å². The molecule has 10 atom stereocenters. The van der Waals surface area contributed by atoms with Gasteiger partial charge in [0.1, 0.15) is 48.5 Å². The number of hydrogen-bond donors (Lipinski definition) is 7. The zero-order valence-corrected chi connectivity index (χ0v) is 16.5. The molecular weight excluding hydrogens is 438 g/mol. The Morgan fingerprint density at radius 1 is 0.844 bits per heavy atom. The van der Waals surface area contributed by atoms with E-state index in [1.807, 2.05) is 0 Å². The third-order valence-electron chi connectivity index (χ3n) is 5.27. The fraction of sp³-hybridized carbons (Fsp3) is 0.667. The minimum atomic E-state index is -1.78. The lowest BCUT2D eigenvalue weighted by Crippen LogP contribution is -2.65. The zero-order valence-electron chi connectivity index (χ0n) is 16.5. The summed E-state index contributed by atoms with van der Waals surface area (Å²) in [5, 5.41) is 80.5. The van der Waals surface area contributed by atoms with E-state index in [1.165, 1.54) is 12.1 Å². The van der Waals surface area contributed by atoms with Crippen molar-refractivity contribution in [3.63, 3.8) is 0 Å². The van der Waals surface area contributed by atoms with Crippen molar-refractivity contribution in [1.29, 1.82) is 0 Å². The Bertz CT molecular complexity index is 762. The second kappa shape index (κ2) is 10.3. The number of benzene rings is 1. The molecule has 7 N–H and O–H groups in total. The van der Waals surface area contributed by atoms with Crippen LogP contribution in [-0.2, 0) is 14.2 Å². The quantitative estimate of drug-likeness (QED) is 0.155. The Hall–Kier alpha value is -1.98. The Morgan fingerprint density at radius 2 is 1.47 bits per heavy atom. The van der Waals surface area contributed by atoms with Crippen LogP contribution in [0.15, 0.2) is 24.3 Å². The second-order valence-corrected chi connectivity index (χ2v) is 7.37. The molecule has 2 aliphatic rings. The first-order chi connectivity index (χ1) is 15.2. The third kappa shape index (κ3) is 4.99. The van der Waals surface area contributed by atoms with Gasteiger partial charge < -0.3 is 54.7 Å². The van der Waals surface area contributed by atoms with Gasteiger partial charge in [-0.1, -0.05) is 0 Å². The normalized spacial score (nSPS) is 40.1. The summed E-state index contributed by atoms with van der Waals surface area (Å²) in [4.78, 5) is 10.1. The molecule has 0 unspecified atom stereocenters. The molecule has 2 saturated heterocycles. The predicted octanol–water partition coefficient (Wildman–Crippen LogP) is -3.40. The lowest BCUT2D eigenvalue weighted by molar-refractivity contribution is -0.384. The van der Waals surface area contributed by atoms with Gasteiger partial charge in [0.15, 0.2) is 18.7 Å². The molecule has 2 fully saturated rings. The summed E-state index contributed by atoms with van der Waals surface area (Å²) in [6, 6.07) is 4.78. The molecule has 3 rings (SSSR count). The number of non-ortho nitro benzene ring substituents is 1. The molecule has 0 bridgehead atoms. The second-order valence-electron chi connectivity index (χ2n) is 7.37. The topological polar surface area (TPSA) is 222 Å². The highest BCUT2D eigenvalue weighted by atomic mass is 16.7. The number of hydrogen-bond acceptors (Lipinski definition) is 13. The highest BCUT2D eigenvalue weighted by Gasteiger charge is 2.51. The molecule has 14 nitrogen and oxygen atoms in total. The average molecular weight is 463 g/mol. The fourth-order valence-electron chi connectivity index (χ4n) is 3.49. The van der Waals surface area contributed by atoms with E-state index in [-0.39, 0.29) is 11.4 Å². The lowest BCUT2D eigenvalue weighted by atomic mass is 9.97. The monoisotopic (exact) mass is 463 g/mol. The molecule has 0 spiro atoms. The zero-order chi connectivity index (χ0) is 23.6. The van der Waals surface area contributed by atoms with E-state index >= 15 is 0 Å². The van der Waals surface area contributed by atoms with Crippen LogP contribution < -0.4 is 4.74 Å². The summed E-state index contributed by atoms with van der Waals surface area (Å²) in [6.45, 7) is -1.43. The Labute approximate surface area is 180 Å². The number of rotatable bonds is 7. The highest BCUT2D eigenvalue weighted by molar-refractivity contribution is 5.36. The van der Waals surface area contributed by atoms with Crippen molar-refractivity contribution < 1.29 is 59.6 Å². The average Bonchev–Trinajstić information content (AvgIpc) is 2.78. The van der Waals surface area contributed by atoms with E-state index in [9.17, 15) is 45.9 Å². The van der Waals surface area contributed by atoms with E-state index in [0.717, 1.165) is 12.1 Å². The third-order valence-corrected chi connectivity index (χ3v) is 5.27. The van der Waals surface area contributed by atoms with Crippen molar-refractivity contribution in [1.82, 2.24) is 0 Å². The molecule has 0 aliphatic carbocycles. The van der Waals surface area contributed by atoms with Gasteiger partial charge >= 0.3 is 0 Å². The first kappa shape index (κ1) is 24.7. The summed E-state index contributed by atoms with van der Waals surface area (Å²) in [7, 11) is 0. The summed E-state index contributed by atoms with van der Waals surface area (Å²) >= 11 is 0. The van der Waals surface area contributed by atoms with Crippen molar-refractivity contribution in [2.24, 2.45) is 0 Å². The number of nitro groups is 1. The number of aliphatic hydroxyl groups is 7. The Balaban J connectivity index is 1.76. The van der Waals surface area contributed by atoms with Crippen LogP contribution in [0.2, 0.25) is 0 Å². The van der Waals surface area contributed by atoms with Crippen LogP contribution in [0.3, 0.4) is 0 Å². The van der Waals surface area contributed by atoms with Crippen molar-refractivity contribution in [3.05, 3.63) is 34.4 Å². The van der Waals surface area contributed by atoms with Crippen LogP contribution in [0.25, 0.3) is 0 Å². The summed E-state index contributed by atoms with van der Waals surface area (Å²) in [5.74, 6) is 0.0522. The number of nitrogens with zero attached hydrogens (tertiary/aromatic N) is 1. The Morgan fingerprint density at radius 3 is 2.03 bits per heavy atom. The first-order valence-electron chi connectivity index (χ1n) is 9.67. The minimum absolute atomic E-state index is 0.0522. The van der Waals surface area contributed by atoms with Gasteiger partial charge in [-0.05, 0) is 12.1 Å². The molecule has 32 heavy (non-hydrogen) atoms. The van der Waals surface area contributed by atoms with Gasteiger partial charge in [0.05, 0.1) is 18.1 Å². The van der Waals surface area contributed by atoms with Gasteiger partial charge in [0, 0.05) is 12.1 Å². The number of aliphatic hydroxyl groups excluding tert-OH is 7. The highest BCUT2D eigenvalue weighted by Crippen LogP contribution is 2.30. The predicted molar refractivity (Wildman–Crippen MR) is 100 cm³/mol. The SMILES string of the molecule is O=[N+]([O-])c1ccc(O[C@@H]2[C@@H](O)[C@@H](O[C@@H]3O[C@H](CO)[C@H](O)[C@H](O)[C@H]3O)[C@@H](CO)O[C@H]2O)cc1. The van der Waals surface area contributed by atoms with Crippen LogP contribution in [0.4, 0.5) is 5.69 Å². The number of nitro benzene ring substituents is 1. The maximum absolute atomic E-state index is 10.8. The maximum atomic E-state index is 10.8. The molecule has 1 aromatic rings. The van der Waals surface area contributed by atoms with Gasteiger partial charge in [-0.3, -0.25) is 10.1 Å². The van der Waals surface area contributed by atoms with Gasteiger partial charge in [0.25, 0.3) is 5.69 Å². The van der Waals surface area contributed by atoms with Crippen molar-refractivity contribution in [3.8, 4) is 5.75 Å². The van der Waals surface area contributed by atoms with Crippen LogP contribution in [0, 0.1) is 10.1 Å². The molecule has 0 amide bonds. The van der Waals surface area contributed by atoms with Crippen molar-refractivity contribution >= 4 is 5.69 Å².